The van der Waals surface area contributed by atoms with Crippen LogP contribution in [0.1, 0.15) is 12.5 Å². The Hall–Kier alpha value is -2.64. The second-order valence-electron chi connectivity index (χ2n) is 6.83. The molecule has 0 spiro atoms. The molecule has 0 fully saturated rings. The van der Waals surface area contributed by atoms with Crippen molar-refractivity contribution >= 4 is 71.3 Å². The number of benzene rings is 3. The summed E-state index contributed by atoms with van der Waals surface area (Å²) in [5, 5.41) is 11.2. The number of hydrogen-bond acceptors (Lipinski definition) is 4. The third-order valence-electron chi connectivity index (χ3n) is 4.24. The van der Waals surface area contributed by atoms with Crippen LogP contribution < -0.4 is 8.13 Å². The maximum absolute atomic E-state index is 12.2. The van der Waals surface area contributed by atoms with E-state index in [-0.39, 0.29) is 5.91 Å². The number of nitrogens with zero attached hydrogens (tertiary/aromatic N) is 1. The van der Waals surface area contributed by atoms with Gasteiger partial charge in [-0.25, -0.2) is 0 Å². The first-order chi connectivity index (χ1) is 14.9. The fraction of sp³-hybridized carbons (Fsp3) is 0.0417. The van der Waals surface area contributed by atoms with Crippen molar-refractivity contribution in [1.29, 1.82) is 0 Å². The normalized spacial score (nSPS) is 14.0. The number of nitrogens with one attached hydrogen (secondary N) is 1. The number of carboxylic acids is 1. The quantitative estimate of drug-likeness (QED) is 0.470. The van der Waals surface area contributed by atoms with Crippen LogP contribution in [0.2, 0.25) is 0 Å². The van der Waals surface area contributed by atoms with Crippen LogP contribution in [0.4, 0.5) is 5.69 Å². The summed E-state index contributed by atoms with van der Waals surface area (Å²) < 4.78 is 1.33. The molecule has 7 heteroatoms. The number of carboxylic acid groups (broad SMARTS) is 1. The second kappa shape index (κ2) is 11.1. The number of carbonyl (C=O) groups excluding carboxylic acids is 1. The molecule has 5 nitrogen and oxygen atoms in total. The third-order valence-corrected chi connectivity index (χ3v) is 5.80. The summed E-state index contributed by atoms with van der Waals surface area (Å²) in [5.41, 5.74) is 4.27. The molecule has 1 heterocycles. The molecule has 2 N–H and O–H groups in total. The van der Waals surface area contributed by atoms with E-state index in [4.69, 9.17) is 9.90 Å². The Kier molecular flexibility index (Phi) is 8.26. The molecule has 0 aliphatic carbocycles. The number of anilines is 1. The molecule has 1 aliphatic rings. The van der Waals surface area contributed by atoms with Gasteiger partial charge < -0.3 is 5.11 Å². The number of thioether (sulfide) groups is 1. The van der Waals surface area contributed by atoms with Crippen molar-refractivity contribution in [3.05, 3.63) is 89.3 Å². The summed E-state index contributed by atoms with van der Waals surface area (Å²) in [5.74, 6) is -1.03. The van der Waals surface area contributed by atoms with Crippen molar-refractivity contribution in [2.45, 2.75) is 6.92 Å². The zero-order chi connectivity index (χ0) is 22.2. The molecule has 4 rings (SSSR count). The molecule has 0 unspecified atom stereocenters. The first kappa shape index (κ1) is 23.0. The SMILES string of the molecule is CC(=O)O.O=C1N=C(Nc2cc[c]([Na])cc2)S/C1=C/c1ccc(-c2ccccc2)cc1. The summed E-state index contributed by atoms with van der Waals surface area (Å²) in [4.78, 5) is 26.0. The summed E-state index contributed by atoms with van der Waals surface area (Å²) in [6, 6.07) is 26.6. The Morgan fingerprint density at radius 2 is 1.55 bits per heavy atom. The van der Waals surface area contributed by atoms with Gasteiger partial charge in [0.1, 0.15) is 0 Å². The maximum atomic E-state index is 12.2. The molecule has 0 radical (unpaired) electrons. The molecule has 0 saturated carbocycles. The van der Waals surface area contributed by atoms with Crippen molar-refractivity contribution in [2.24, 2.45) is 4.99 Å². The molecule has 3 aromatic carbocycles. The Bertz CT molecular complexity index is 1120. The van der Waals surface area contributed by atoms with Crippen molar-refractivity contribution in [1.82, 2.24) is 0 Å². The molecule has 3 aromatic rings. The number of aliphatic carboxylic acids is 1. The topological polar surface area (TPSA) is 78.8 Å². The van der Waals surface area contributed by atoms with Gasteiger partial charge in [0.05, 0.1) is 0 Å². The Labute approximate surface area is 202 Å². The van der Waals surface area contributed by atoms with Crippen LogP contribution >= 0.6 is 11.8 Å². The predicted octanol–water partition coefficient (Wildman–Crippen LogP) is 4.32. The van der Waals surface area contributed by atoms with E-state index in [0.717, 1.165) is 51.7 Å². The number of amides is 1. The van der Waals surface area contributed by atoms with E-state index in [1.807, 2.05) is 48.5 Å². The van der Waals surface area contributed by atoms with Gasteiger partial charge in [-0.15, -0.1) is 0 Å². The average Bonchev–Trinajstić information content (AvgIpc) is 3.09. The zero-order valence-electron chi connectivity index (χ0n) is 17.2. The van der Waals surface area contributed by atoms with E-state index in [1.54, 1.807) is 0 Å². The van der Waals surface area contributed by atoms with E-state index in [2.05, 4.69) is 46.7 Å². The molecule has 0 atom stereocenters. The molecule has 0 bridgehead atoms. The fourth-order valence-corrected chi connectivity index (χ4v) is 3.94. The minimum absolute atomic E-state index is 0.200. The summed E-state index contributed by atoms with van der Waals surface area (Å²) in [7, 11) is 0. The Balaban J connectivity index is 0.000000628. The van der Waals surface area contributed by atoms with E-state index < -0.39 is 5.97 Å². The number of aliphatic imine (C=N–C) groups is 1. The van der Waals surface area contributed by atoms with Gasteiger partial charge >= 0.3 is 139 Å². The Morgan fingerprint density at radius 1 is 0.968 bits per heavy atom. The van der Waals surface area contributed by atoms with Gasteiger partial charge in [0, 0.05) is 6.92 Å². The molecular formula is C24H19N2NaO3S. The molecule has 31 heavy (non-hydrogen) atoms. The molecule has 1 amide bonds. The van der Waals surface area contributed by atoms with Gasteiger partial charge in [0.2, 0.25) is 0 Å². The first-order valence-electron chi connectivity index (χ1n) is 9.62. The van der Waals surface area contributed by atoms with Crippen LogP contribution in [0.15, 0.2) is 88.8 Å². The van der Waals surface area contributed by atoms with E-state index in [9.17, 15) is 4.79 Å². The van der Waals surface area contributed by atoms with Crippen LogP contribution in [0.5, 0.6) is 0 Å². The molecular weight excluding hydrogens is 419 g/mol. The predicted molar refractivity (Wildman–Crippen MR) is 129 cm³/mol. The Morgan fingerprint density at radius 3 is 2.16 bits per heavy atom. The van der Waals surface area contributed by atoms with Gasteiger partial charge in [0.15, 0.2) is 0 Å². The fourth-order valence-electron chi connectivity index (χ4n) is 2.78. The van der Waals surface area contributed by atoms with E-state index in [1.165, 1.54) is 20.1 Å². The van der Waals surface area contributed by atoms with Gasteiger partial charge in [-0.05, 0) is 11.1 Å². The van der Waals surface area contributed by atoms with Crippen LogP contribution in [0.3, 0.4) is 0 Å². The van der Waals surface area contributed by atoms with Gasteiger partial charge in [-0.2, -0.15) is 0 Å². The van der Waals surface area contributed by atoms with Crippen LogP contribution in [-0.4, -0.2) is 50.1 Å². The van der Waals surface area contributed by atoms with Gasteiger partial charge in [-0.1, -0.05) is 30.3 Å². The summed E-state index contributed by atoms with van der Waals surface area (Å²) in [6.07, 6.45) is 1.89. The number of hydrogen-bond donors (Lipinski definition) is 2. The zero-order valence-corrected chi connectivity index (χ0v) is 20.0. The summed E-state index contributed by atoms with van der Waals surface area (Å²) in [6.45, 7) is 1.08. The first-order valence-corrected chi connectivity index (χ1v) is 11.4. The third kappa shape index (κ3) is 7.22. The second-order valence-corrected chi connectivity index (χ2v) is 9.02. The molecule has 1 aliphatic heterocycles. The van der Waals surface area contributed by atoms with Crippen molar-refractivity contribution in [2.75, 3.05) is 5.32 Å². The monoisotopic (exact) mass is 438 g/mol. The molecule has 0 aromatic heterocycles. The summed E-state index contributed by atoms with van der Waals surface area (Å²) >= 11 is 2.40. The number of amidine groups is 1. The van der Waals surface area contributed by atoms with Crippen LogP contribution in [0, 0.1) is 0 Å². The minimum atomic E-state index is -0.833. The van der Waals surface area contributed by atoms with Crippen LogP contribution in [0.25, 0.3) is 17.2 Å². The number of rotatable bonds is 3. The van der Waals surface area contributed by atoms with Crippen molar-refractivity contribution in [3.63, 3.8) is 0 Å². The standard InChI is InChI=1S/C22H15N2OS.C2H4O2.Na/c25-21-20(26-22(24-21)23-19-9-5-2-6-10-19)15-16-11-13-18(14-12-16)17-7-3-1-4-8-17;1-2(3)4;/h1,3-15H,(H,23,24,25);1H3,(H,3,4);/b20-15+;;. The van der Waals surface area contributed by atoms with Crippen molar-refractivity contribution < 1.29 is 14.7 Å². The van der Waals surface area contributed by atoms with E-state index in [0.29, 0.717) is 10.1 Å². The van der Waals surface area contributed by atoms with Crippen molar-refractivity contribution in [3.8, 4) is 11.1 Å². The number of carbonyl (C=O) groups is 2. The molecule has 150 valence electrons. The average molecular weight is 438 g/mol. The van der Waals surface area contributed by atoms with Gasteiger partial charge in [-0.3, -0.25) is 4.79 Å². The molecule has 0 saturated heterocycles. The van der Waals surface area contributed by atoms with E-state index >= 15 is 0 Å². The van der Waals surface area contributed by atoms with Crippen LogP contribution in [-0.2, 0) is 9.59 Å². The van der Waals surface area contributed by atoms with Gasteiger partial charge in [0.25, 0.3) is 5.97 Å².